The third-order valence-electron chi connectivity index (χ3n) is 2.87. The van der Waals surface area contributed by atoms with Gasteiger partial charge in [0.1, 0.15) is 11.5 Å². The molecule has 2 rings (SSSR count). The van der Waals surface area contributed by atoms with E-state index in [9.17, 15) is 4.79 Å². The fraction of sp³-hybridized carbons (Fsp3) is 0.462. The molecule has 0 aromatic heterocycles. The largest absolute Gasteiger partial charge is 0.467 e. The molecule has 0 fully saturated rings. The number of ether oxygens (including phenoxy) is 3. The molecule has 92 valence electrons. The third-order valence-corrected chi connectivity index (χ3v) is 2.87. The molecule has 17 heavy (non-hydrogen) atoms. The maximum absolute atomic E-state index is 11.3. The highest BCUT2D eigenvalue weighted by Crippen LogP contribution is 2.38. The fourth-order valence-corrected chi connectivity index (χ4v) is 1.95. The van der Waals surface area contributed by atoms with Gasteiger partial charge in [0.05, 0.1) is 6.42 Å². The van der Waals surface area contributed by atoms with Gasteiger partial charge in [-0.05, 0) is 30.5 Å². The van der Waals surface area contributed by atoms with E-state index in [2.05, 4.69) is 0 Å². The summed E-state index contributed by atoms with van der Waals surface area (Å²) in [4.78, 5) is 11.3. The summed E-state index contributed by atoms with van der Waals surface area (Å²) in [5.41, 5.74) is 1.95. The van der Waals surface area contributed by atoms with Crippen molar-refractivity contribution in [1.82, 2.24) is 0 Å². The second kappa shape index (κ2) is 4.75. The number of methoxy groups -OCH3 is 1. The van der Waals surface area contributed by atoms with Crippen LogP contribution in [0, 0.1) is 6.92 Å². The normalized spacial score (nSPS) is 18.5. The van der Waals surface area contributed by atoms with E-state index in [0.29, 0.717) is 12.2 Å². The summed E-state index contributed by atoms with van der Waals surface area (Å²) < 4.78 is 15.6. The minimum atomic E-state index is -0.171. The van der Waals surface area contributed by atoms with Gasteiger partial charge in [0.15, 0.2) is 6.79 Å². The van der Waals surface area contributed by atoms with Crippen LogP contribution in [-0.4, -0.2) is 19.9 Å². The molecule has 0 saturated carbocycles. The molecule has 0 aliphatic carbocycles. The topological polar surface area (TPSA) is 44.8 Å². The number of benzene rings is 1. The molecule has 1 aliphatic heterocycles. The Morgan fingerprint density at radius 3 is 2.94 bits per heavy atom. The van der Waals surface area contributed by atoms with E-state index in [1.54, 1.807) is 7.11 Å². The van der Waals surface area contributed by atoms with Gasteiger partial charge < -0.3 is 14.2 Å². The summed E-state index contributed by atoms with van der Waals surface area (Å²) >= 11 is 0. The first kappa shape index (κ1) is 11.9. The molecule has 1 aliphatic rings. The predicted molar refractivity (Wildman–Crippen MR) is 62.4 cm³/mol. The zero-order valence-corrected chi connectivity index (χ0v) is 10.3. The van der Waals surface area contributed by atoms with E-state index in [1.807, 2.05) is 26.0 Å². The lowest BCUT2D eigenvalue weighted by molar-refractivity contribution is -0.135. The Morgan fingerprint density at radius 2 is 2.24 bits per heavy atom. The molecule has 4 heteroatoms. The van der Waals surface area contributed by atoms with Crippen molar-refractivity contribution >= 4 is 5.97 Å². The molecule has 0 N–H and O–H groups in total. The van der Waals surface area contributed by atoms with Crippen LogP contribution >= 0.6 is 0 Å². The third kappa shape index (κ3) is 2.42. The molecule has 1 aromatic carbocycles. The molecule has 4 nitrogen and oxygen atoms in total. The van der Waals surface area contributed by atoms with Crippen LogP contribution in [0.1, 0.15) is 30.4 Å². The van der Waals surface area contributed by atoms with E-state index in [0.717, 1.165) is 16.9 Å². The number of carbonyl (C=O) groups excluding carboxylic acids is 1. The van der Waals surface area contributed by atoms with Crippen LogP contribution in [0.5, 0.6) is 11.5 Å². The first-order valence-electron chi connectivity index (χ1n) is 5.58. The molecule has 1 aromatic rings. The molecular formula is C13H16O4. The van der Waals surface area contributed by atoms with Crippen LogP contribution in [0.15, 0.2) is 12.1 Å². The standard InChI is InChI=1S/C13H16O4/c1-8-5-13(14)17-12-4-9(2)11(6-10(8)12)16-7-15-3/h4,6,8H,5,7H2,1-3H3/t8-/m1/s1. The van der Waals surface area contributed by atoms with Gasteiger partial charge in [-0.15, -0.1) is 0 Å². The van der Waals surface area contributed by atoms with Gasteiger partial charge in [-0.2, -0.15) is 0 Å². The Kier molecular flexibility index (Phi) is 3.33. The molecule has 1 heterocycles. The number of carbonyl (C=O) groups is 1. The zero-order valence-electron chi connectivity index (χ0n) is 10.3. The molecule has 0 amide bonds. The maximum Gasteiger partial charge on any atom is 0.311 e. The Labute approximate surface area is 100 Å². The Balaban J connectivity index is 2.34. The minimum absolute atomic E-state index is 0.164. The lowest BCUT2D eigenvalue weighted by Crippen LogP contribution is -2.19. The van der Waals surface area contributed by atoms with Crippen molar-refractivity contribution in [1.29, 1.82) is 0 Å². The quantitative estimate of drug-likeness (QED) is 0.459. The lowest BCUT2D eigenvalue weighted by atomic mass is 9.93. The number of fused-ring (bicyclic) bond motifs is 1. The number of aryl methyl sites for hydroxylation is 1. The Bertz CT molecular complexity index is 439. The van der Waals surface area contributed by atoms with Crippen molar-refractivity contribution in [3.8, 4) is 11.5 Å². The van der Waals surface area contributed by atoms with E-state index in [-0.39, 0.29) is 18.7 Å². The van der Waals surface area contributed by atoms with Gasteiger partial charge in [-0.25, -0.2) is 0 Å². The van der Waals surface area contributed by atoms with Crippen LogP contribution < -0.4 is 9.47 Å². The van der Waals surface area contributed by atoms with Crippen molar-refractivity contribution in [2.75, 3.05) is 13.9 Å². The fourth-order valence-electron chi connectivity index (χ4n) is 1.95. The smallest absolute Gasteiger partial charge is 0.311 e. The highest BCUT2D eigenvalue weighted by molar-refractivity contribution is 5.76. The number of hydrogen-bond donors (Lipinski definition) is 0. The van der Waals surface area contributed by atoms with Crippen LogP contribution in [0.25, 0.3) is 0 Å². The van der Waals surface area contributed by atoms with Crippen LogP contribution in [0.3, 0.4) is 0 Å². The minimum Gasteiger partial charge on any atom is -0.467 e. The predicted octanol–water partition coefficient (Wildman–Crippen LogP) is 2.39. The molecule has 0 bridgehead atoms. The van der Waals surface area contributed by atoms with Crippen molar-refractivity contribution in [2.24, 2.45) is 0 Å². The van der Waals surface area contributed by atoms with Gasteiger partial charge in [-0.3, -0.25) is 4.79 Å². The molecule has 0 unspecified atom stereocenters. The van der Waals surface area contributed by atoms with Crippen molar-refractivity contribution in [2.45, 2.75) is 26.2 Å². The van der Waals surface area contributed by atoms with E-state index in [4.69, 9.17) is 14.2 Å². The monoisotopic (exact) mass is 236 g/mol. The molecule has 0 radical (unpaired) electrons. The van der Waals surface area contributed by atoms with Crippen LogP contribution in [0.4, 0.5) is 0 Å². The number of rotatable bonds is 3. The van der Waals surface area contributed by atoms with Crippen LogP contribution in [-0.2, 0) is 9.53 Å². The first-order chi connectivity index (χ1) is 8.11. The molecule has 0 spiro atoms. The summed E-state index contributed by atoms with van der Waals surface area (Å²) in [6, 6.07) is 3.77. The summed E-state index contributed by atoms with van der Waals surface area (Å²) in [7, 11) is 1.58. The highest BCUT2D eigenvalue weighted by atomic mass is 16.7. The zero-order chi connectivity index (χ0) is 12.4. The van der Waals surface area contributed by atoms with Gasteiger partial charge in [0.25, 0.3) is 0 Å². The number of esters is 1. The summed E-state index contributed by atoms with van der Waals surface area (Å²) in [5.74, 6) is 1.41. The first-order valence-corrected chi connectivity index (χ1v) is 5.58. The van der Waals surface area contributed by atoms with Crippen molar-refractivity contribution < 1.29 is 19.0 Å². The van der Waals surface area contributed by atoms with E-state index in [1.165, 1.54) is 0 Å². The van der Waals surface area contributed by atoms with Gasteiger partial charge in [-0.1, -0.05) is 6.92 Å². The van der Waals surface area contributed by atoms with E-state index < -0.39 is 0 Å². The highest BCUT2D eigenvalue weighted by Gasteiger charge is 2.25. The van der Waals surface area contributed by atoms with Crippen LogP contribution in [0.2, 0.25) is 0 Å². The average molecular weight is 236 g/mol. The van der Waals surface area contributed by atoms with Gasteiger partial charge in [0.2, 0.25) is 0 Å². The molecular weight excluding hydrogens is 220 g/mol. The lowest BCUT2D eigenvalue weighted by Gasteiger charge is -2.23. The van der Waals surface area contributed by atoms with Gasteiger partial charge >= 0.3 is 5.97 Å². The summed E-state index contributed by atoms with van der Waals surface area (Å²) in [6.07, 6.45) is 0.416. The summed E-state index contributed by atoms with van der Waals surface area (Å²) in [6.45, 7) is 4.14. The number of hydrogen-bond acceptors (Lipinski definition) is 4. The Hall–Kier alpha value is -1.55. The second-order valence-corrected chi connectivity index (χ2v) is 4.29. The SMILES string of the molecule is COCOc1cc2c(cc1C)OC(=O)C[C@H]2C. The van der Waals surface area contributed by atoms with E-state index >= 15 is 0 Å². The molecule has 0 saturated heterocycles. The maximum atomic E-state index is 11.3. The average Bonchev–Trinajstić information content (AvgIpc) is 2.26. The Morgan fingerprint density at radius 1 is 1.47 bits per heavy atom. The second-order valence-electron chi connectivity index (χ2n) is 4.29. The molecule has 1 atom stereocenters. The van der Waals surface area contributed by atoms with Crippen molar-refractivity contribution in [3.05, 3.63) is 23.3 Å². The summed E-state index contributed by atoms with van der Waals surface area (Å²) in [5, 5.41) is 0. The van der Waals surface area contributed by atoms with Gasteiger partial charge in [0, 0.05) is 12.7 Å². The van der Waals surface area contributed by atoms with Crippen molar-refractivity contribution in [3.63, 3.8) is 0 Å².